The molecule has 0 aromatic rings. The summed E-state index contributed by atoms with van der Waals surface area (Å²) in [6.45, 7) is 2.12. The SMILES string of the molecule is CC/C=C/C/C=C/CC(O)CCCCCCCCC(=O)O. The molecule has 1 unspecified atom stereocenters. The van der Waals surface area contributed by atoms with Gasteiger partial charge in [-0.2, -0.15) is 0 Å². The lowest BCUT2D eigenvalue weighted by Crippen LogP contribution is -2.04. The quantitative estimate of drug-likeness (QED) is 0.355. The van der Waals surface area contributed by atoms with Gasteiger partial charge in [-0.15, -0.1) is 0 Å². The van der Waals surface area contributed by atoms with Gasteiger partial charge in [0, 0.05) is 6.42 Å². The molecule has 3 nitrogen and oxygen atoms in total. The van der Waals surface area contributed by atoms with Crippen LogP contribution in [0.5, 0.6) is 0 Å². The van der Waals surface area contributed by atoms with Gasteiger partial charge >= 0.3 is 5.97 Å². The van der Waals surface area contributed by atoms with Gasteiger partial charge in [-0.1, -0.05) is 63.3 Å². The average molecular weight is 296 g/mol. The topological polar surface area (TPSA) is 57.5 Å². The minimum Gasteiger partial charge on any atom is -0.481 e. The smallest absolute Gasteiger partial charge is 0.303 e. The Morgan fingerprint density at radius 1 is 0.952 bits per heavy atom. The Balaban J connectivity index is 3.31. The van der Waals surface area contributed by atoms with Crippen LogP contribution in [-0.2, 0) is 4.79 Å². The van der Waals surface area contributed by atoms with Crippen molar-refractivity contribution in [1.82, 2.24) is 0 Å². The van der Waals surface area contributed by atoms with E-state index in [2.05, 4.69) is 31.2 Å². The molecule has 0 radical (unpaired) electrons. The Labute approximate surface area is 129 Å². The Hall–Kier alpha value is -1.09. The van der Waals surface area contributed by atoms with E-state index in [4.69, 9.17) is 5.11 Å². The summed E-state index contributed by atoms with van der Waals surface area (Å²) in [6, 6.07) is 0. The van der Waals surface area contributed by atoms with Crippen molar-refractivity contribution in [2.24, 2.45) is 0 Å². The molecule has 0 bridgehead atoms. The number of rotatable bonds is 14. The fourth-order valence-electron chi connectivity index (χ4n) is 2.17. The van der Waals surface area contributed by atoms with Crippen molar-refractivity contribution in [3.8, 4) is 0 Å². The first-order valence-corrected chi connectivity index (χ1v) is 8.36. The first kappa shape index (κ1) is 19.9. The van der Waals surface area contributed by atoms with E-state index >= 15 is 0 Å². The monoisotopic (exact) mass is 296 g/mol. The van der Waals surface area contributed by atoms with Crippen LogP contribution in [0.3, 0.4) is 0 Å². The van der Waals surface area contributed by atoms with Crippen molar-refractivity contribution in [1.29, 1.82) is 0 Å². The molecule has 1 atom stereocenters. The second kappa shape index (κ2) is 15.3. The zero-order chi connectivity index (χ0) is 15.8. The Bertz CT molecular complexity index is 295. The third-order valence-electron chi connectivity index (χ3n) is 3.43. The number of carbonyl (C=O) groups is 1. The molecule has 0 aromatic heterocycles. The molecule has 3 heteroatoms. The molecule has 0 spiro atoms. The van der Waals surface area contributed by atoms with Gasteiger partial charge in [0.2, 0.25) is 0 Å². The molecule has 0 heterocycles. The van der Waals surface area contributed by atoms with E-state index in [0.29, 0.717) is 6.42 Å². The van der Waals surface area contributed by atoms with Crippen LogP contribution in [0.4, 0.5) is 0 Å². The average Bonchev–Trinajstić information content (AvgIpc) is 2.45. The molecule has 0 aliphatic rings. The highest BCUT2D eigenvalue weighted by atomic mass is 16.4. The number of unbranched alkanes of at least 4 members (excludes halogenated alkanes) is 5. The third kappa shape index (κ3) is 16.9. The molecular weight excluding hydrogens is 264 g/mol. The number of hydrogen-bond acceptors (Lipinski definition) is 2. The predicted octanol–water partition coefficient (Wildman–Crippen LogP) is 4.86. The number of aliphatic hydroxyl groups excluding tert-OH is 1. The second-order valence-corrected chi connectivity index (χ2v) is 5.53. The molecule has 0 saturated carbocycles. The van der Waals surface area contributed by atoms with Gasteiger partial charge < -0.3 is 10.2 Å². The Morgan fingerprint density at radius 2 is 1.57 bits per heavy atom. The largest absolute Gasteiger partial charge is 0.481 e. The first-order valence-electron chi connectivity index (χ1n) is 8.36. The molecular formula is C18H32O3. The fourth-order valence-corrected chi connectivity index (χ4v) is 2.17. The molecule has 122 valence electrons. The summed E-state index contributed by atoms with van der Waals surface area (Å²) in [5, 5.41) is 18.3. The highest BCUT2D eigenvalue weighted by molar-refractivity contribution is 5.66. The minimum atomic E-state index is -0.698. The number of aliphatic carboxylic acids is 1. The van der Waals surface area contributed by atoms with Crippen molar-refractivity contribution in [2.75, 3.05) is 0 Å². The molecule has 0 rings (SSSR count). The first-order chi connectivity index (χ1) is 10.2. The van der Waals surface area contributed by atoms with Gasteiger partial charge in [0.1, 0.15) is 0 Å². The molecule has 0 amide bonds. The van der Waals surface area contributed by atoms with Crippen molar-refractivity contribution in [3.05, 3.63) is 24.3 Å². The van der Waals surface area contributed by atoms with Crippen LogP contribution in [-0.4, -0.2) is 22.3 Å². The van der Waals surface area contributed by atoms with Gasteiger partial charge in [-0.05, 0) is 32.1 Å². The van der Waals surface area contributed by atoms with E-state index < -0.39 is 5.97 Å². The van der Waals surface area contributed by atoms with E-state index in [1.165, 1.54) is 0 Å². The van der Waals surface area contributed by atoms with Gasteiger partial charge in [-0.3, -0.25) is 4.79 Å². The lowest BCUT2D eigenvalue weighted by Gasteiger charge is -2.07. The third-order valence-corrected chi connectivity index (χ3v) is 3.43. The number of carboxylic acid groups (broad SMARTS) is 1. The maximum atomic E-state index is 10.3. The number of allylic oxidation sites excluding steroid dienone is 3. The van der Waals surface area contributed by atoms with Crippen LogP contribution in [0.2, 0.25) is 0 Å². The van der Waals surface area contributed by atoms with Crippen LogP contribution in [0.1, 0.15) is 77.6 Å². The van der Waals surface area contributed by atoms with E-state index in [-0.39, 0.29) is 6.10 Å². The van der Waals surface area contributed by atoms with Crippen molar-refractivity contribution in [2.45, 2.75) is 83.7 Å². The van der Waals surface area contributed by atoms with Crippen molar-refractivity contribution >= 4 is 5.97 Å². The standard InChI is InChI=1S/C18H32O3/c1-2-3-4-5-8-11-14-17(19)15-12-9-6-7-10-13-16-18(20)21/h3-4,8,11,17,19H,2,5-7,9-10,12-16H2,1H3,(H,20,21)/b4-3+,11-8+. The molecule has 0 aromatic carbocycles. The number of carboxylic acids is 1. The van der Waals surface area contributed by atoms with Crippen LogP contribution in [0.25, 0.3) is 0 Å². The van der Waals surface area contributed by atoms with E-state index in [9.17, 15) is 9.90 Å². The second-order valence-electron chi connectivity index (χ2n) is 5.53. The van der Waals surface area contributed by atoms with E-state index in [1.807, 2.05) is 0 Å². The Kier molecular flexibility index (Phi) is 14.5. The van der Waals surface area contributed by atoms with Crippen molar-refractivity contribution in [3.63, 3.8) is 0 Å². The minimum absolute atomic E-state index is 0.219. The summed E-state index contributed by atoms with van der Waals surface area (Å²) < 4.78 is 0. The number of hydrogen-bond donors (Lipinski definition) is 2. The normalized spacial score (nSPS) is 13.2. The Morgan fingerprint density at radius 3 is 2.24 bits per heavy atom. The zero-order valence-electron chi connectivity index (χ0n) is 13.5. The molecule has 2 N–H and O–H groups in total. The number of aliphatic hydroxyl groups is 1. The fraction of sp³-hybridized carbons (Fsp3) is 0.722. The van der Waals surface area contributed by atoms with Crippen LogP contribution < -0.4 is 0 Å². The van der Waals surface area contributed by atoms with Gasteiger partial charge in [0.05, 0.1) is 6.10 Å². The van der Waals surface area contributed by atoms with Gasteiger partial charge in [0.15, 0.2) is 0 Å². The lowest BCUT2D eigenvalue weighted by atomic mass is 10.0. The van der Waals surface area contributed by atoms with Crippen LogP contribution in [0.15, 0.2) is 24.3 Å². The summed E-state index contributed by atoms with van der Waals surface area (Å²) in [7, 11) is 0. The van der Waals surface area contributed by atoms with Crippen molar-refractivity contribution < 1.29 is 15.0 Å². The van der Waals surface area contributed by atoms with Crippen LogP contribution in [0, 0.1) is 0 Å². The van der Waals surface area contributed by atoms with Crippen LogP contribution >= 0.6 is 0 Å². The summed E-state index contributed by atoms with van der Waals surface area (Å²) in [4.78, 5) is 10.3. The van der Waals surface area contributed by atoms with E-state index in [1.54, 1.807) is 0 Å². The van der Waals surface area contributed by atoms with Gasteiger partial charge in [0.25, 0.3) is 0 Å². The molecule has 0 aliphatic carbocycles. The molecule has 0 fully saturated rings. The maximum absolute atomic E-state index is 10.3. The predicted molar refractivity (Wildman–Crippen MR) is 88.4 cm³/mol. The summed E-state index contributed by atoms with van der Waals surface area (Å²) in [5.41, 5.74) is 0. The molecule has 0 saturated heterocycles. The highest BCUT2D eigenvalue weighted by Gasteiger charge is 2.01. The summed E-state index contributed by atoms with van der Waals surface area (Å²) >= 11 is 0. The molecule has 0 aliphatic heterocycles. The molecule has 21 heavy (non-hydrogen) atoms. The van der Waals surface area contributed by atoms with Gasteiger partial charge in [-0.25, -0.2) is 0 Å². The lowest BCUT2D eigenvalue weighted by molar-refractivity contribution is -0.137. The van der Waals surface area contributed by atoms with E-state index in [0.717, 1.165) is 64.2 Å². The highest BCUT2D eigenvalue weighted by Crippen LogP contribution is 2.11. The summed E-state index contributed by atoms with van der Waals surface area (Å²) in [6.07, 6.45) is 18.4. The summed E-state index contributed by atoms with van der Waals surface area (Å²) in [5.74, 6) is -0.698. The maximum Gasteiger partial charge on any atom is 0.303 e. The zero-order valence-corrected chi connectivity index (χ0v) is 13.5.